The molecule has 0 saturated carbocycles. The number of alkyl carbamates (subject to hydrolysis) is 1. The topological polar surface area (TPSA) is 138 Å². The molecule has 0 aromatic rings. The summed E-state index contributed by atoms with van der Waals surface area (Å²) in [6.45, 7) is 9.42. The molecule has 1 N–H and O–H groups in total. The van der Waals surface area contributed by atoms with Gasteiger partial charge in [-0.1, -0.05) is 0 Å². The summed E-state index contributed by atoms with van der Waals surface area (Å²) < 4.78 is 14.6. The van der Waals surface area contributed by atoms with Crippen molar-refractivity contribution < 1.29 is 43.0 Å². The number of ether oxygens (including phenoxy) is 3. The predicted molar refractivity (Wildman–Crippen MR) is 87.7 cm³/mol. The van der Waals surface area contributed by atoms with Crippen LogP contribution in [0.1, 0.15) is 54.4 Å². The van der Waals surface area contributed by atoms with Gasteiger partial charge in [-0.15, -0.1) is 5.06 Å². The van der Waals surface area contributed by atoms with E-state index in [1.165, 1.54) is 0 Å². The normalized spacial score (nSPS) is 15.9. The summed E-state index contributed by atoms with van der Waals surface area (Å²) in [5.41, 5.74) is -1.83. The van der Waals surface area contributed by atoms with Crippen LogP contribution >= 0.6 is 0 Å². The number of imide groups is 1. The molecule has 1 saturated heterocycles. The summed E-state index contributed by atoms with van der Waals surface area (Å²) >= 11 is 0. The Morgan fingerprint density at radius 3 is 1.85 bits per heavy atom. The smallest absolute Gasteiger partial charge is 0.444 e. The fourth-order valence-electron chi connectivity index (χ4n) is 1.72. The van der Waals surface area contributed by atoms with E-state index in [-0.39, 0.29) is 17.9 Å². The zero-order chi connectivity index (χ0) is 21.0. The van der Waals surface area contributed by atoms with E-state index in [2.05, 4.69) is 4.84 Å². The zero-order valence-electron chi connectivity index (χ0n) is 16.1. The Morgan fingerprint density at radius 1 is 0.926 bits per heavy atom. The molecule has 0 spiro atoms. The summed E-state index contributed by atoms with van der Waals surface area (Å²) in [7, 11) is 0. The minimum absolute atomic E-state index is 0.122. The molecule has 11 nitrogen and oxygen atoms in total. The van der Waals surface area contributed by atoms with Crippen LogP contribution in [-0.2, 0) is 33.4 Å². The predicted octanol–water partition coefficient (Wildman–Crippen LogP) is 1.40. The summed E-state index contributed by atoms with van der Waals surface area (Å²) in [6.07, 6.45) is -4.62. The first-order valence-corrected chi connectivity index (χ1v) is 8.15. The molecule has 1 atom stereocenters. The molecule has 1 heterocycles. The van der Waals surface area contributed by atoms with Crippen LogP contribution in [0.2, 0.25) is 0 Å². The second-order valence-electron chi connectivity index (χ2n) is 7.60. The highest BCUT2D eigenvalue weighted by atomic mass is 16.8. The lowest BCUT2D eigenvalue weighted by atomic mass is 10.2. The van der Waals surface area contributed by atoms with E-state index in [1.54, 1.807) is 41.5 Å². The van der Waals surface area contributed by atoms with E-state index in [4.69, 9.17) is 14.2 Å². The fraction of sp³-hybridized carbons (Fsp3) is 0.688. The molecular weight excluding hydrogens is 364 g/mol. The standard InChI is InChI=1S/C16H24N2O9/c1-15(2,3)25-13(22)17-11(24-14(23)26-16(4,5)6)12(21)27-18-9(19)7-8-10(18)20/h11H,7-8H2,1-6H3,(H,17,22)/t11-/m0/s1. The molecule has 1 fully saturated rings. The Hall–Kier alpha value is -2.85. The number of hydrogen-bond donors (Lipinski definition) is 1. The third kappa shape index (κ3) is 7.92. The summed E-state index contributed by atoms with van der Waals surface area (Å²) in [5.74, 6) is -2.85. The molecule has 1 aliphatic heterocycles. The van der Waals surface area contributed by atoms with Crippen LogP contribution in [0, 0.1) is 0 Å². The minimum Gasteiger partial charge on any atom is -0.444 e. The maximum atomic E-state index is 12.2. The van der Waals surface area contributed by atoms with Crippen LogP contribution in [0.5, 0.6) is 0 Å². The molecule has 11 heteroatoms. The lowest BCUT2D eigenvalue weighted by Gasteiger charge is -2.24. The van der Waals surface area contributed by atoms with Gasteiger partial charge in [-0.3, -0.25) is 14.9 Å². The van der Waals surface area contributed by atoms with E-state index in [0.29, 0.717) is 0 Å². The Balaban J connectivity index is 2.86. The van der Waals surface area contributed by atoms with E-state index in [9.17, 15) is 24.0 Å². The number of hydrogen-bond acceptors (Lipinski definition) is 9. The molecule has 0 aromatic heterocycles. The highest BCUT2D eigenvalue weighted by Crippen LogP contribution is 2.14. The van der Waals surface area contributed by atoms with Crippen LogP contribution in [0.4, 0.5) is 9.59 Å². The van der Waals surface area contributed by atoms with Gasteiger partial charge >= 0.3 is 18.2 Å². The highest BCUT2D eigenvalue weighted by Gasteiger charge is 2.38. The fourth-order valence-corrected chi connectivity index (χ4v) is 1.72. The van der Waals surface area contributed by atoms with Gasteiger partial charge in [-0.05, 0) is 41.5 Å². The largest absolute Gasteiger partial charge is 0.511 e. The van der Waals surface area contributed by atoms with Gasteiger partial charge in [0.15, 0.2) is 0 Å². The minimum atomic E-state index is -2.00. The molecule has 152 valence electrons. The van der Waals surface area contributed by atoms with Crippen LogP contribution in [0.3, 0.4) is 0 Å². The molecule has 3 amide bonds. The monoisotopic (exact) mass is 388 g/mol. The van der Waals surface area contributed by atoms with Crippen LogP contribution in [0.25, 0.3) is 0 Å². The Labute approximate surface area is 156 Å². The van der Waals surface area contributed by atoms with E-state index in [0.717, 1.165) is 0 Å². The van der Waals surface area contributed by atoms with Gasteiger partial charge in [-0.25, -0.2) is 14.4 Å². The van der Waals surface area contributed by atoms with Crippen LogP contribution in [-0.4, -0.2) is 52.5 Å². The number of nitrogens with one attached hydrogen (secondary N) is 1. The SMILES string of the molecule is CC(C)(C)OC(=O)N[C@@H](OC(=O)OC(C)(C)C)C(=O)ON1C(=O)CCC1=O. The average Bonchev–Trinajstić information content (AvgIpc) is 2.74. The Kier molecular flexibility index (Phi) is 6.76. The highest BCUT2D eigenvalue weighted by molar-refractivity contribution is 6.01. The number of rotatable bonds is 4. The molecule has 1 aliphatic rings. The van der Waals surface area contributed by atoms with Gasteiger partial charge in [0.2, 0.25) is 0 Å². The molecule has 1 rings (SSSR count). The third-order valence-corrected chi connectivity index (χ3v) is 2.65. The van der Waals surface area contributed by atoms with Gasteiger partial charge in [0.25, 0.3) is 18.0 Å². The van der Waals surface area contributed by atoms with Gasteiger partial charge in [0.05, 0.1) is 0 Å². The summed E-state index contributed by atoms with van der Waals surface area (Å²) in [4.78, 5) is 63.7. The molecule has 0 unspecified atom stereocenters. The first-order valence-electron chi connectivity index (χ1n) is 8.15. The van der Waals surface area contributed by atoms with Crippen LogP contribution in [0.15, 0.2) is 0 Å². The van der Waals surface area contributed by atoms with Crippen molar-refractivity contribution in [2.75, 3.05) is 0 Å². The first kappa shape index (κ1) is 22.2. The van der Waals surface area contributed by atoms with Gasteiger partial charge in [-0.2, -0.15) is 0 Å². The Bertz CT molecular complexity index is 585. The first-order chi connectivity index (χ1) is 12.2. The van der Waals surface area contributed by atoms with Gasteiger partial charge in [0.1, 0.15) is 11.2 Å². The summed E-state index contributed by atoms with van der Waals surface area (Å²) in [5, 5.41) is 2.24. The molecule has 0 aromatic carbocycles. The van der Waals surface area contributed by atoms with Crippen molar-refractivity contribution in [3.8, 4) is 0 Å². The van der Waals surface area contributed by atoms with Crippen molar-refractivity contribution in [2.45, 2.75) is 71.8 Å². The molecule has 0 radical (unpaired) electrons. The molecule has 0 aliphatic carbocycles. The quantitative estimate of drug-likeness (QED) is 0.430. The lowest BCUT2D eigenvalue weighted by molar-refractivity contribution is -0.205. The summed E-state index contributed by atoms with van der Waals surface area (Å²) in [6, 6.07) is 0. The average molecular weight is 388 g/mol. The maximum absolute atomic E-state index is 12.2. The van der Waals surface area contributed by atoms with Crippen molar-refractivity contribution in [1.29, 1.82) is 0 Å². The van der Waals surface area contributed by atoms with E-state index < -0.39 is 47.5 Å². The van der Waals surface area contributed by atoms with Crippen molar-refractivity contribution in [3.63, 3.8) is 0 Å². The Morgan fingerprint density at radius 2 is 1.41 bits per heavy atom. The molecular formula is C16H24N2O9. The molecule has 0 bridgehead atoms. The number of carbonyl (C=O) groups is 5. The lowest BCUT2D eigenvalue weighted by Crippen LogP contribution is -2.49. The van der Waals surface area contributed by atoms with Gasteiger partial charge < -0.3 is 19.0 Å². The number of amides is 3. The van der Waals surface area contributed by atoms with Crippen molar-refractivity contribution in [1.82, 2.24) is 10.4 Å². The van der Waals surface area contributed by atoms with E-state index >= 15 is 0 Å². The number of nitrogens with zero attached hydrogens (tertiary/aromatic N) is 1. The molecule has 27 heavy (non-hydrogen) atoms. The second kappa shape index (κ2) is 8.23. The van der Waals surface area contributed by atoms with Gasteiger partial charge in [0, 0.05) is 12.8 Å². The third-order valence-electron chi connectivity index (χ3n) is 2.65. The second-order valence-corrected chi connectivity index (χ2v) is 7.60. The maximum Gasteiger partial charge on any atom is 0.511 e. The van der Waals surface area contributed by atoms with Crippen molar-refractivity contribution in [2.24, 2.45) is 0 Å². The van der Waals surface area contributed by atoms with Crippen molar-refractivity contribution >= 4 is 30.0 Å². The number of hydroxylamine groups is 2. The van der Waals surface area contributed by atoms with Crippen LogP contribution < -0.4 is 5.32 Å². The van der Waals surface area contributed by atoms with Crippen molar-refractivity contribution in [3.05, 3.63) is 0 Å². The van der Waals surface area contributed by atoms with E-state index in [1.807, 2.05) is 5.32 Å². The zero-order valence-corrected chi connectivity index (χ0v) is 16.1. The number of carbonyl (C=O) groups excluding carboxylic acids is 5.